The first-order valence-electron chi connectivity index (χ1n) is 3.08. The highest BCUT2D eigenvalue weighted by Crippen LogP contribution is 2.14. The molecule has 0 aromatic heterocycles. The molecular weight excluding hydrogens is 170 g/mol. The Labute approximate surface area is 68.2 Å². The van der Waals surface area contributed by atoms with Gasteiger partial charge in [0.2, 0.25) is 12.0 Å². The van der Waals surface area contributed by atoms with Crippen molar-refractivity contribution in [3.8, 4) is 0 Å². The molecular formula is C5H11NO6. The number of ether oxygens (including phenoxy) is 1. The quantitative estimate of drug-likeness (QED) is 0.281. The van der Waals surface area contributed by atoms with Crippen LogP contribution in [0.25, 0.3) is 0 Å². The van der Waals surface area contributed by atoms with E-state index in [-0.39, 0.29) is 0 Å². The largest absolute Gasteiger partial charge is 0.391 e. The number of hydrogen-bond donors (Lipinski definition) is 4. The van der Waals surface area contributed by atoms with Crippen LogP contribution in [0.3, 0.4) is 0 Å². The van der Waals surface area contributed by atoms with E-state index in [1.54, 1.807) is 0 Å². The second-order valence-corrected chi connectivity index (χ2v) is 2.17. The molecule has 0 saturated heterocycles. The molecule has 0 amide bonds. The Hall–Kier alpha value is -0.600. The van der Waals surface area contributed by atoms with Crippen LogP contribution in [0.15, 0.2) is 5.18 Å². The maximum absolute atomic E-state index is 9.72. The van der Waals surface area contributed by atoms with Crippen molar-refractivity contribution < 1.29 is 25.2 Å². The Morgan fingerprint density at radius 3 is 2.33 bits per heavy atom. The van der Waals surface area contributed by atoms with E-state index in [1.807, 2.05) is 0 Å². The molecule has 7 heteroatoms. The zero-order valence-electron chi connectivity index (χ0n) is 6.41. The van der Waals surface area contributed by atoms with Crippen LogP contribution >= 0.6 is 0 Å². The van der Waals surface area contributed by atoms with Crippen molar-refractivity contribution in [3.63, 3.8) is 0 Å². The summed E-state index contributed by atoms with van der Waals surface area (Å²) in [5.74, 6) is -2.37. The fraction of sp³-hybridized carbons (Fsp3) is 1.00. The lowest BCUT2D eigenvalue weighted by atomic mass is 10.1. The number of nitroso groups, excluding NO2 is 1. The van der Waals surface area contributed by atoms with Gasteiger partial charge in [-0.05, 0) is 5.18 Å². The van der Waals surface area contributed by atoms with Crippen LogP contribution < -0.4 is 0 Å². The maximum Gasteiger partial charge on any atom is 0.220 e. The molecule has 0 aromatic rings. The van der Waals surface area contributed by atoms with Crippen molar-refractivity contribution in [3.05, 3.63) is 4.91 Å². The molecule has 0 aromatic carbocycles. The first kappa shape index (κ1) is 11.4. The van der Waals surface area contributed by atoms with Gasteiger partial charge in [-0.1, -0.05) is 0 Å². The van der Waals surface area contributed by atoms with E-state index in [1.165, 1.54) is 0 Å². The lowest BCUT2D eigenvalue weighted by Crippen LogP contribution is -2.52. The third kappa shape index (κ3) is 2.19. The first-order chi connectivity index (χ1) is 5.51. The maximum atomic E-state index is 9.72. The van der Waals surface area contributed by atoms with Crippen LogP contribution in [-0.2, 0) is 4.74 Å². The predicted octanol–water partition coefficient (Wildman–Crippen LogP) is -2.24. The molecule has 0 saturated carbocycles. The minimum atomic E-state index is -2.37. The summed E-state index contributed by atoms with van der Waals surface area (Å²) in [7, 11) is 0.997. The first-order valence-corrected chi connectivity index (χ1v) is 3.08. The number of nitrogens with zero attached hydrogens (tertiary/aromatic N) is 1. The average Bonchev–Trinajstić information content (AvgIpc) is 2.14. The van der Waals surface area contributed by atoms with E-state index < -0.39 is 24.7 Å². The highest BCUT2D eigenvalue weighted by atomic mass is 16.6. The molecule has 0 heterocycles. The van der Waals surface area contributed by atoms with Gasteiger partial charge in [0.1, 0.15) is 0 Å². The van der Waals surface area contributed by atoms with E-state index in [2.05, 4.69) is 9.91 Å². The highest BCUT2D eigenvalue weighted by molar-refractivity contribution is 4.80. The molecule has 7 nitrogen and oxygen atoms in total. The lowest BCUT2D eigenvalue weighted by molar-refractivity contribution is -0.276. The third-order valence-corrected chi connectivity index (χ3v) is 1.43. The zero-order chi connectivity index (χ0) is 9.78. The molecule has 0 aliphatic rings. The molecule has 2 unspecified atom stereocenters. The van der Waals surface area contributed by atoms with Gasteiger partial charge in [0.15, 0.2) is 6.10 Å². The smallest absolute Gasteiger partial charge is 0.220 e. The molecule has 0 spiro atoms. The standard InChI is InChI=1S/C5H11NO6/c1-12-5(10,2-7)3(8)4(9)6-11/h3-4,7-10H,2H2,1H3/t3?,4-,5?/m0/s1. The minimum absolute atomic E-state index is 0.961. The van der Waals surface area contributed by atoms with Crippen molar-refractivity contribution in [2.75, 3.05) is 13.7 Å². The van der Waals surface area contributed by atoms with Gasteiger partial charge in [-0.25, -0.2) is 0 Å². The third-order valence-electron chi connectivity index (χ3n) is 1.43. The predicted molar refractivity (Wildman–Crippen MR) is 36.9 cm³/mol. The van der Waals surface area contributed by atoms with Gasteiger partial charge < -0.3 is 25.2 Å². The number of aliphatic hydroxyl groups is 4. The van der Waals surface area contributed by atoms with E-state index in [4.69, 9.17) is 20.4 Å². The number of rotatable bonds is 5. The van der Waals surface area contributed by atoms with E-state index >= 15 is 0 Å². The summed E-state index contributed by atoms with van der Waals surface area (Å²) in [5, 5.41) is 37.3. The molecule has 3 atom stereocenters. The SMILES string of the molecule is COC(O)(CO)C(O)[C@H](O)N=O. The lowest BCUT2D eigenvalue weighted by Gasteiger charge is -2.29. The average molecular weight is 181 g/mol. The van der Waals surface area contributed by atoms with Gasteiger partial charge in [-0.2, -0.15) is 0 Å². The molecule has 72 valence electrons. The number of methoxy groups -OCH3 is 1. The topological polar surface area (TPSA) is 120 Å². The van der Waals surface area contributed by atoms with Crippen LogP contribution in [0.5, 0.6) is 0 Å². The molecule has 0 fully saturated rings. The molecule has 0 bridgehead atoms. The summed E-state index contributed by atoms with van der Waals surface area (Å²) in [4.78, 5) is 9.72. The fourth-order valence-electron chi connectivity index (χ4n) is 0.569. The second-order valence-electron chi connectivity index (χ2n) is 2.17. The number of aliphatic hydroxyl groups excluding tert-OH is 3. The van der Waals surface area contributed by atoms with E-state index in [0.717, 1.165) is 7.11 Å². The molecule has 0 radical (unpaired) electrons. The Morgan fingerprint density at radius 1 is 1.58 bits per heavy atom. The van der Waals surface area contributed by atoms with Crippen LogP contribution in [0, 0.1) is 4.91 Å². The minimum Gasteiger partial charge on any atom is -0.391 e. The van der Waals surface area contributed by atoms with Crippen molar-refractivity contribution in [1.82, 2.24) is 0 Å². The van der Waals surface area contributed by atoms with Gasteiger partial charge in [0.05, 0.1) is 6.61 Å². The van der Waals surface area contributed by atoms with Gasteiger partial charge >= 0.3 is 0 Å². The van der Waals surface area contributed by atoms with Gasteiger partial charge in [-0.3, -0.25) is 0 Å². The van der Waals surface area contributed by atoms with Gasteiger partial charge in [0, 0.05) is 7.11 Å². The summed E-state index contributed by atoms with van der Waals surface area (Å²) in [6.45, 7) is -0.961. The number of hydrogen-bond acceptors (Lipinski definition) is 7. The van der Waals surface area contributed by atoms with Crippen molar-refractivity contribution >= 4 is 0 Å². The van der Waals surface area contributed by atoms with E-state index in [9.17, 15) is 4.91 Å². The van der Waals surface area contributed by atoms with Crippen molar-refractivity contribution in [1.29, 1.82) is 0 Å². The molecule has 12 heavy (non-hydrogen) atoms. The monoisotopic (exact) mass is 181 g/mol. The Kier molecular flexibility index (Phi) is 4.21. The van der Waals surface area contributed by atoms with E-state index in [0.29, 0.717) is 0 Å². The van der Waals surface area contributed by atoms with Gasteiger partial charge in [0.25, 0.3) is 0 Å². The molecule has 0 aliphatic carbocycles. The zero-order valence-corrected chi connectivity index (χ0v) is 6.41. The van der Waals surface area contributed by atoms with Crippen LogP contribution in [-0.4, -0.2) is 52.3 Å². The van der Waals surface area contributed by atoms with Gasteiger partial charge in [-0.15, -0.1) is 4.91 Å². The second kappa shape index (κ2) is 4.43. The Morgan fingerprint density at radius 2 is 2.08 bits per heavy atom. The van der Waals surface area contributed by atoms with Crippen LogP contribution in [0.1, 0.15) is 0 Å². The van der Waals surface area contributed by atoms with Crippen LogP contribution in [0.4, 0.5) is 0 Å². The van der Waals surface area contributed by atoms with Crippen LogP contribution in [0.2, 0.25) is 0 Å². The summed E-state index contributed by atoms with van der Waals surface area (Å²) >= 11 is 0. The summed E-state index contributed by atoms with van der Waals surface area (Å²) < 4.78 is 4.27. The Bertz CT molecular complexity index is 147. The Balaban J connectivity index is 4.39. The molecule has 0 aliphatic heterocycles. The molecule has 0 rings (SSSR count). The summed E-state index contributed by atoms with van der Waals surface area (Å²) in [6, 6.07) is 0. The van der Waals surface area contributed by atoms with Crippen molar-refractivity contribution in [2.45, 2.75) is 18.1 Å². The highest BCUT2D eigenvalue weighted by Gasteiger charge is 2.40. The fourth-order valence-corrected chi connectivity index (χ4v) is 0.569. The molecule has 4 N–H and O–H groups in total. The summed E-state index contributed by atoms with van der Waals surface area (Å²) in [5.41, 5.74) is 0. The normalized spacial score (nSPS) is 21.1. The van der Waals surface area contributed by atoms with Crippen molar-refractivity contribution in [2.24, 2.45) is 5.18 Å². The summed E-state index contributed by atoms with van der Waals surface area (Å²) in [6.07, 6.45) is -4.02.